The Labute approximate surface area is 259 Å². The minimum atomic E-state index is 0.297. The van der Waals surface area contributed by atoms with Crippen molar-refractivity contribution in [1.29, 1.82) is 0 Å². The van der Waals surface area contributed by atoms with Crippen LogP contribution in [0.25, 0.3) is 45.8 Å². The molecule has 44 heavy (non-hydrogen) atoms. The first-order valence-electron chi connectivity index (χ1n) is 15.4. The highest BCUT2D eigenvalue weighted by Gasteiger charge is 2.04. The molecule has 0 saturated heterocycles. The Morgan fingerprint density at radius 3 is 1.18 bits per heavy atom. The molecule has 2 aromatic heterocycles. The lowest BCUT2D eigenvalue weighted by molar-refractivity contribution is -0.698. The summed E-state index contributed by atoms with van der Waals surface area (Å²) < 4.78 is 4.53. The summed E-state index contributed by atoms with van der Waals surface area (Å²) in [5.41, 5.74) is 4.65. The highest BCUT2D eigenvalue weighted by molar-refractivity contribution is 5.88. The number of nitrogens with zero attached hydrogens (tertiary/aromatic N) is 2. The van der Waals surface area contributed by atoms with Gasteiger partial charge in [0.1, 0.15) is 24.6 Å². The van der Waals surface area contributed by atoms with E-state index >= 15 is 0 Å². The third-order valence-corrected chi connectivity index (χ3v) is 8.05. The van der Waals surface area contributed by atoms with Gasteiger partial charge in [-0.1, -0.05) is 60.7 Å². The van der Waals surface area contributed by atoms with Crippen LogP contribution in [-0.4, -0.2) is 10.2 Å². The summed E-state index contributed by atoms with van der Waals surface area (Å²) in [6.45, 7) is 2.07. The van der Waals surface area contributed by atoms with Crippen molar-refractivity contribution < 1.29 is 19.3 Å². The number of hydrogen-bond donors (Lipinski definition) is 2. The van der Waals surface area contributed by atoms with Crippen LogP contribution in [0.1, 0.15) is 47.9 Å². The maximum atomic E-state index is 9.66. The Hall–Kier alpha value is -5.22. The number of benzene rings is 4. The van der Waals surface area contributed by atoms with Crippen LogP contribution in [-0.2, 0) is 13.1 Å². The monoisotopic (exact) mass is 578 g/mol. The second-order valence-corrected chi connectivity index (χ2v) is 11.4. The first-order valence-corrected chi connectivity index (χ1v) is 15.4. The molecule has 6 aromatic rings. The Bertz CT molecular complexity index is 1780. The SMILES string of the molecule is Oc1ccc2cc(/C=C/c3cc[n+](CCCCCC[n+]4ccc(/C=C/c5ccc6cc(O)ccc6c5)cc4)cc3)ccc2c1. The van der Waals surface area contributed by atoms with E-state index in [-0.39, 0.29) is 0 Å². The average molecular weight is 579 g/mol. The summed E-state index contributed by atoms with van der Waals surface area (Å²) in [6.07, 6.45) is 22.0. The second-order valence-electron chi connectivity index (χ2n) is 11.4. The smallest absolute Gasteiger partial charge is 0.169 e. The normalized spacial score (nSPS) is 11.7. The average Bonchev–Trinajstić information content (AvgIpc) is 3.05. The zero-order chi connectivity index (χ0) is 30.1. The fraction of sp³-hybridized carbons (Fsp3) is 0.150. The lowest BCUT2D eigenvalue weighted by atomic mass is 10.1. The maximum Gasteiger partial charge on any atom is 0.169 e. The van der Waals surface area contributed by atoms with Gasteiger partial charge < -0.3 is 10.2 Å². The van der Waals surface area contributed by atoms with Gasteiger partial charge in [-0.05, 0) is 93.0 Å². The van der Waals surface area contributed by atoms with Crippen LogP contribution in [0.4, 0.5) is 0 Å². The minimum absolute atomic E-state index is 0.297. The van der Waals surface area contributed by atoms with E-state index in [4.69, 9.17) is 0 Å². The second kappa shape index (κ2) is 13.8. The molecule has 218 valence electrons. The van der Waals surface area contributed by atoms with Crippen molar-refractivity contribution in [2.75, 3.05) is 0 Å². The van der Waals surface area contributed by atoms with Crippen LogP contribution in [0.15, 0.2) is 122 Å². The van der Waals surface area contributed by atoms with Gasteiger partial charge in [0.05, 0.1) is 0 Å². The Balaban J connectivity index is 0.899. The molecule has 0 aliphatic carbocycles. The zero-order valence-electron chi connectivity index (χ0n) is 24.9. The summed E-state index contributed by atoms with van der Waals surface area (Å²) in [4.78, 5) is 0. The highest BCUT2D eigenvalue weighted by Crippen LogP contribution is 2.23. The third-order valence-electron chi connectivity index (χ3n) is 8.05. The van der Waals surface area contributed by atoms with E-state index in [9.17, 15) is 10.2 Å². The summed E-state index contributed by atoms with van der Waals surface area (Å²) in [6, 6.07) is 32.1. The lowest BCUT2D eigenvalue weighted by Gasteiger charge is -2.01. The first-order chi connectivity index (χ1) is 21.6. The lowest BCUT2D eigenvalue weighted by Crippen LogP contribution is -2.33. The minimum Gasteiger partial charge on any atom is -0.508 e. The van der Waals surface area contributed by atoms with Gasteiger partial charge in [0.2, 0.25) is 0 Å². The Morgan fingerprint density at radius 2 is 0.750 bits per heavy atom. The standard InChI is InChI=1S/C40H36N2O2/c43-39-15-13-35-27-33(9-11-37(35)29-39)7-5-31-17-23-41(24-18-31)21-3-1-2-4-22-42-25-19-32(20-26-42)6-8-34-10-12-38-30-40(44)16-14-36(38)28-34/h5-20,23-30H,1-4,21-22H2/p+2. The van der Waals surface area contributed by atoms with E-state index in [1.54, 1.807) is 24.3 Å². The van der Waals surface area contributed by atoms with Crippen LogP contribution in [0.3, 0.4) is 0 Å². The van der Waals surface area contributed by atoms with E-state index < -0.39 is 0 Å². The number of aryl methyl sites for hydroxylation is 2. The zero-order valence-corrected chi connectivity index (χ0v) is 24.9. The quantitative estimate of drug-likeness (QED) is 0.119. The molecule has 0 bridgehead atoms. The number of pyridine rings is 2. The van der Waals surface area contributed by atoms with Crippen LogP contribution >= 0.6 is 0 Å². The highest BCUT2D eigenvalue weighted by atomic mass is 16.3. The molecule has 4 heteroatoms. The van der Waals surface area contributed by atoms with Crippen LogP contribution in [0.5, 0.6) is 11.5 Å². The molecule has 0 unspecified atom stereocenters. The summed E-state index contributed by atoms with van der Waals surface area (Å²) >= 11 is 0. The number of hydrogen-bond acceptors (Lipinski definition) is 2. The van der Waals surface area contributed by atoms with E-state index in [2.05, 4.69) is 107 Å². The largest absolute Gasteiger partial charge is 0.508 e. The van der Waals surface area contributed by atoms with Gasteiger partial charge in [0.25, 0.3) is 0 Å². The summed E-state index contributed by atoms with van der Waals surface area (Å²) in [5, 5.41) is 23.6. The number of phenolic OH excluding ortho intramolecular Hbond substituents is 2. The topological polar surface area (TPSA) is 48.2 Å². The molecule has 0 saturated carbocycles. The van der Waals surface area contributed by atoms with Crippen molar-refractivity contribution in [3.63, 3.8) is 0 Å². The van der Waals surface area contributed by atoms with Crippen molar-refractivity contribution >= 4 is 45.8 Å². The van der Waals surface area contributed by atoms with Crippen molar-refractivity contribution in [3.8, 4) is 11.5 Å². The first kappa shape index (κ1) is 28.9. The Kier molecular flexibility index (Phi) is 9.08. The van der Waals surface area contributed by atoms with Gasteiger partial charge in [0.15, 0.2) is 24.8 Å². The molecule has 0 fully saturated rings. The van der Waals surface area contributed by atoms with Gasteiger partial charge in [-0.15, -0.1) is 0 Å². The number of aromatic hydroxyl groups is 2. The van der Waals surface area contributed by atoms with Gasteiger partial charge >= 0.3 is 0 Å². The van der Waals surface area contributed by atoms with E-state index in [0.29, 0.717) is 11.5 Å². The van der Waals surface area contributed by atoms with Gasteiger partial charge in [-0.2, -0.15) is 0 Å². The van der Waals surface area contributed by atoms with E-state index in [1.807, 2.05) is 24.3 Å². The molecule has 0 spiro atoms. The molecule has 6 rings (SSSR count). The molecule has 2 N–H and O–H groups in total. The van der Waals surface area contributed by atoms with Crippen molar-refractivity contribution in [2.45, 2.75) is 38.8 Å². The summed E-state index contributed by atoms with van der Waals surface area (Å²) in [5.74, 6) is 0.595. The van der Waals surface area contributed by atoms with Gasteiger partial charge in [0, 0.05) is 37.1 Å². The predicted octanol–water partition coefficient (Wildman–Crippen LogP) is 8.58. The molecule has 0 radical (unpaired) electrons. The number of fused-ring (bicyclic) bond motifs is 2. The molecule has 4 aromatic carbocycles. The molecule has 0 atom stereocenters. The summed E-state index contributed by atoms with van der Waals surface area (Å²) in [7, 11) is 0. The van der Waals surface area contributed by atoms with Crippen molar-refractivity contribution in [3.05, 3.63) is 144 Å². The maximum absolute atomic E-state index is 9.66. The van der Waals surface area contributed by atoms with E-state index in [1.165, 1.54) is 36.8 Å². The van der Waals surface area contributed by atoms with Crippen molar-refractivity contribution in [2.24, 2.45) is 0 Å². The number of unbranched alkanes of at least 4 members (excludes halogenated alkanes) is 3. The fourth-order valence-corrected chi connectivity index (χ4v) is 5.50. The van der Waals surface area contributed by atoms with Crippen LogP contribution in [0.2, 0.25) is 0 Å². The Morgan fingerprint density at radius 1 is 0.386 bits per heavy atom. The molecule has 4 nitrogen and oxygen atoms in total. The molecular formula is C40H38N2O2+2. The molecule has 2 heterocycles. The van der Waals surface area contributed by atoms with Crippen LogP contribution < -0.4 is 9.13 Å². The van der Waals surface area contributed by atoms with Crippen LogP contribution in [0, 0.1) is 0 Å². The predicted molar refractivity (Wildman–Crippen MR) is 181 cm³/mol. The number of phenols is 2. The fourth-order valence-electron chi connectivity index (χ4n) is 5.50. The number of rotatable bonds is 11. The molecular weight excluding hydrogens is 540 g/mol. The van der Waals surface area contributed by atoms with Crippen molar-refractivity contribution in [1.82, 2.24) is 0 Å². The third kappa shape index (κ3) is 7.78. The molecule has 0 aliphatic heterocycles. The molecule has 0 amide bonds. The molecule has 0 aliphatic rings. The van der Waals surface area contributed by atoms with Gasteiger partial charge in [-0.25, -0.2) is 9.13 Å². The van der Waals surface area contributed by atoms with Gasteiger partial charge in [-0.3, -0.25) is 0 Å². The van der Waals surface area contributed by atoms with E-state index in [0.717, 1.165) is 45.8 Å². The number of aromatic nitrogens is 2.